The molecule has 0 aliphatic carbocycles. The van der Waals surface area contributed by atoms with Gasteiger partial charge in [0, 0.05) is 29.9 Å². The van der Waals surface area contributed by atoms with E-state index in [4.69, 9.17) is 23.2 Å². The fourth-order valence-electron chi connectivity index (χ4n) is 2.43. The van der Waals surface area contributed by atoms with Crippen molar-refractivity contribution < 1.29 is 0 Å². The van der Waals surface area contributed by atoms with Gasteiger partial charge in [-0.15, -0.1) is 11.6 Å². The monoisotopic (exact) mass is 319 g/mol. The molecule has 0 bridgehead atoms. The lowest BCUT2D eigenvalue weighted by Crippen LogP contribution is -2.07. The molecule has 5 heteroatoms. The highest BCUT2D eigenvalue weighted by atomic mass is 35.5. The van der Waals surface area contributed by atoms with Gasteiger partial charge in [-0.3, -0.25) is 4.98 Å². The van der Waals surface area contributed by atoms with Crippen LogP contribution in [0.5, 0.6) is 0 Å². The zero-order chi connectivity index (χ0) is 14.8. The van der Waals surface area contributed by atoms with Gasteiger partial charge in [0.25, 0.3) is 0 Å². The summed E-state index contributed by atoms with van der Waals surface area (Å²) in [5.74, 6) is 0.866. The van der Waals surface area contributed by atoms with E-state index in [9.17, 15) is 0 Å². The molecule has 0 N–H and O–H groups in total. The number of fused-ring (bicyclic) bond motifs is 1. The first kappa shape index (κ1) is 14.4. The van der Waals surface area contributed by atoms with E-state index < -0.39 is 0 Å². The third kappa shape index (κ3) is 3.04. The van der Waals surface area contributed by atoms with Crippen LogP contribution in [-0.4, -0.2) is 14.5 Å². The molecular formula is C16H15Cl2N3. The Hall–Kier alpha value is -1.58. The molecule has 0 fully saturated rings. The lowest BCUT2D eigenvalue weighted by molar-refractivity contribution is 0.660. The van der Waals surface area contributed by atoms with Crippen molar-refractivity contribution in [3.05, 3.63) is 59.1 Å². The van der Waals surface area contributed by atoms with E-state index in [2.05, 4.69) is 14.5 Å². The van der Waals surface area contributed by atoms with Gasteiger partial charge in [0.2, 0.25) is 0 Å². The minimum absolute atomic E-state index is 0.153. The van der Waals surface area contributed by atoms with Crippen molar-refractivity contribution in [2.75, 3.05) is 0 Å². The summed E-state index contributed by atoms with van der Waals surface area (Å²) >= 11 is 12.4. The van der Waals surface area contributed by atoms with Gasteiger partial charge in [-0.2, -0.15) is 0 Å². The molecule has 108 valence electrons. The number of aromatic nitrogens is 3. The van der Waals surface area contributed by atoms with Crippen LogP contribution in [0.2, 0.25) is 5.02 Å². The van der Waals surface area contributed by atoms with Gasteiger partial charge in [0.05, 0.1) is 16.4 Å². The number of aryl methyl sites for hydroxylation is 2. The second-order valence-electron chi connectivity index (χ2n) is 4.94. The molecule has 0 saturated heterocycles. The summed E-state index contributed by atoms with van der Waals surface area (Å²) in [5.41, 5.74) is 2.98. The maximum absolute atomic E-state index is 6.27. The Morgan fingerprint density at radius 3 is 2.81 bits per heavy atom. The van der Waals surface area contributed by atoms with Gasteiger partial charge < -0.3 is 4.57 Å². The molecule has 3 rings (SSSR count). The molecule has 2 heterocycles. The second kappa shape index (κ2) is 6.04. The van der Waals surface area contributed by atoms with Gasteiger partial charge in [-0.05, 0) is 37.3 Å². The predicted molar refractivity (Wildman–Crippen MR) is 87.0 cm³/mol. The lowest BCUT2D eigenvalue weighted by atomic mass is 10.2. The van der Waals surface area contributed by atoms with Crippen molar-refractivity contribution in [1.29, 1.82) is 0 Å². The maximum atomic E-state index is 6.27. The van der Waals surface area contributed by atoms with Crippen molar-refractivity contribution in [2.45, 2.75) is 25.3 Å². The second-order valence-corrected chi connectivity index (χ2v) is 6.03. The Balaban J connectivity index is 1.98. The van der Waals surface area contributed by atoms with Gasteiger partial charge in [0.1, 0.15) is 5.82 Å². The topological polar surface area (TPSA) is 30.7 Å². The number of imidazole rings is 1. The van der Waals surface area contributed by atoms with Crippen LogP contribution in [0.4, 0.5) is 0 Å². The number of pyridine rings is 1. The molecular weight excluding hydrogens is 305 g/mol. The fourth-order valence-corrected chi connectivity index (χ4v) is 2.76. The van der Waals surface area contributed by atoms with Crippen LogP contribution in [-0.2, 0) is 13.0 Å². The van der Waals surface area contributed by atoms with Crippen molar-refractivity contribution in [3.63, 3.8) is 0 Å². The minimum atomic E-state index is -0.153. The largest absolute Gasteiger partial charge is 0.326 e. The summed E-state index contributed by atoms with van der Waals surface area (Å²) in [4.78, 5) is 8.98. The molecule has 1 unspecified atom stereocenters. The first-order valence-electron chi connectivity index (χ1n) is 6.85. The normalized spacial score (nSPS) is 12.7. The standard InChI is InChI=1S/C16H15Cl2N3/c1-11(17)16-20-14-6-5-12(18)10-15(14)21(16)9-7-13-4-2-3-8-19-13/h2-6,8,10-11H,7,9H2,1H3. The number of halogens is 2. The van der Waals surface area contributed by atoms with E-state index in [-0.39, 0.29) is 5.38 Å². The molecule has 0 aliphatic heterocycles. The quantitative estimate of drug-likeness (QED) is 0.656. The average Bonchev–Trinajstić information content (AvgIpc) is 2.84. The Morgan fingerprint density at radius 2 is 2.10 bits per heavy atom. The van der Waals surface area contributed by atoms with Crippen molar-refractivity contribution >= 4 is 34.2 Å². The fraction of sp³-hybridized carbons (Fsp3) is 0.250. The lowest BCUT2D eigenvalue weighted by Gasteiger charge is -2.10. The molecule has 1 atom stereocenters. The smallest absolute Gasteiger partial charge is 0.127 e. The van der Waals surface area contributed by atoms with Crippen molar-refractivity contribution in [1.82, 2.24) is 14.5 Å². The first-order valence-corrected chi connectivity index (χ1v) is 7.66. The summed E-state index contributed by atoms with van der Waals surface area (Å²) in [6.45, 7) is 2.71. The third-order valence-electron chi connectivity index (χ3n) is 3.41. The maximum Gasteiger partial charge on any atom is 0.127 e. The Kier molecular flexibility index (Phi) is 4.13. The van der Waals surface area contributed by atoms with Crippen molar-refractivity contribution in [2.24, 2.45) is 0 Å². The van der Waals surface area contributed by atoms with Crippen LogP contribution in [0.3, 0.4) is 0 Å². The summed E-state index contributed by atoms with van der Waals surface area (Å²) in [6, 6.07) is 11.7. The van der Waals surface area contributed by atoms with E-state index in [1.165, 1.54) is 0 Å². The number of alkyl halides is 1. The highest BCUT2D eigenvalue weighted by molar-refractivity contribution is 6.31. The molecule has 0 spiro atoms. The number of hydrogen-bond acceptors (Lipinski definition) is 2. The number of nitrogens with zero attached hydrogens (tertiary/aromatic N) is 3. The Morgan fingerprint density at radius 1 is 1.24 bits per heavy atom. The number of rotatable bonds is 4. The number of benzene rings is 1. The van der Waals surface area contributed by atoms with E-state index in [1.54, 1.807) is 0 Å². The highest BCUT2D eigenvalue weighted by Gasteiger charge is 2.15. The molecule has 3 aromatic rings. The Bertz CT molecular complexity index is 751. The third-order valence-corrected chi connectivity index (χ3v) is 3.84. The van der Waals surface area contributed by atoms with Crippen LogP contribution in [0, 0.1) is 0 Å². The van der Waals surface area contributed by atoms with Crippen LogP contribution in [0.15, 0.2) is 42.6 Å². The zero-order valence-corrected chi connectivity index (χ0v) is 13.1. The Labute approximate surface area is 133 Å². The van der Waals surface area contributed by atoms with E-state index in [1.807, 2.05) is 49.5 Å². The van der Waals surface area contributed by atoms with Gasteiger partial charge in [0.15, 0.2) is 0 Å². The predicted octanol–water partition coefficient (Wildman–Crippen LogP) is 4.63. The van der Waals surface area contributed by atoms with Gasteiger partial charge >= 0.3 is 0 Å². The van der Waals surface area contributed by atoms with E-state index in [0.717, 1.165) is 35.5 Å². The van der Waals surface area contributed by atoms with Gasteiger partial charge in [-0.1, -0.05) is 17.7 Å². The van der Waals surface area contributed by atoms with Crippen LogP contribution >= 0.6 is 23.2 Å². The van der Waals surface area contributed by atoms with Gasteiger partial charge in [-0.25, -0.2) is 4.98 Å². The molecule has 0 radical (unpaired) electrons. The van der Waals surface area contributed by atoms with Crippen molar-refractivity contribution in [3.8, 4) is 0 Å². The zero-order valence-electron chi connectivity index (χ0n) is 11.6. The molecule has 0 saturated carbocycles. The summed E-state index contributed by atoms with van der Waals surface area (Å²) in [7, 11) is 0. The molecule has 0 amide bonds. The average molecular weight is 320 g/mol. The van der Waals surface area contributed by atoms with Crippen LogP contribution < -0.4 is 0 Å². The summed E-state index contributed by atoms with van der Waals surface area (Å²) in [6.07, 6.45) is 2.64. The van der Waals surface area contributed by atoms with E-state index in [0.29, 0.717) is 5.02 Å². The molecule has 2 aromatic heterocycles. The molecule has 3 nitrogen and oxygen atoms in total. The molecule has 21 heavy (non-hydrogen) atoms. The summed E-state index contributed by atoms with van der Waals surface area (Å²) in [5, 5.41) is 0.551. The van der Waals surface area contributed by atoms with E-state index >= 15 is 0 Å². The first-order chi connectivity index (χ1) is 10.1. The SMILES string of the molecule is CC(Cl)c1nc2ccc(Cl)cc2n1CCc1ccccn1. The summed E-state index contributed by atoms with van der Waals surface area (Å²) < 4.78 is 2.13. The minimum Gasteiger partial charge on any atom is -0.326 e. The molecule has 1 aromatic carbocycles. The number of hydrogen-bond donors (Lipinski definition) is 0. The van der Waals surface area contributed by atoms with Crippen LogP contribution in [0.1, 0.15) is 23.8 Å². The molecule has 0 aliphatic rings. The van der Waals surface area contributed by atoms with Crippen LogP contribution in [0.25, 0.3) is 11.0 Å². The highest BCUT2D eigenvalue weighted by Crippen LogP contribution is 2.26.